The van der Waals surface area contributed by atoms with Crippen molar-refractivity contribution in [1.82, 2.24) is 0 Å². The van der Waals surface area contributed by atoms with Crippen LogP contribution in [0.1, 0.15) is 17.0 Å². The lowest BCUT2D eigenvalue weighted by atomic mass is 9.92. The van der Waals surface area contributed by atoms with E-state index in [9.17, 15) is 9.90 Å². The van der Waals surface area contributed by atoms with Crippen molar-refractivity contribution in [2.24, 2.45) is 0 Å². The Morgan fingerprint density at radius 1 is 0.882 bits per heavy atom. The van der Waals surface area contributed by atoms with Crippen LogP contribution in [-0.2, 0) is 16.3 Å². The zero-order valence-electron chi connectivity index (χ0n) is 9.37. The Bertz CT molecular complexity index is 477. The summed E-state index contributed by atoms with van der Waals surface area (Å²) >= 11 is 0. The summed E-state index contributed by atoms with van der Waals surface area (Å²) in [5.74, 6) is -1.61. The van der Waals surface area contributed by atoms with E-state index in [4.69, 9.17) is 0 Å². The van der Waals surface area contributed by atoms with Gasteiger partial charge in [0.1, 0.15) is 0 Å². The molecule has 0 spiro atoms. The largest absolute Gasteiger partial charge is 0.363 e. The monoisotopic (exact) mass is 225 g/mol. The highest BCUT2D eigenvalue weighted by Gasteiger charge is 2.21. The first-order valence-corrected chi connectivity index (χ1v) is 5.57. The van der Waals surface area contributed by atoms with Crippen molar-refractivity contribution in [2.75, 3.05) is 0 Å². The fourth-order valence-corrected chi connectivity index (χ4v) is 1.87. The van der Waals surface area contributed by atoms with Crippen LogP contribution in [0, 0.1) is 0 Å². The summed E-state index contributed by atoms with van der Waals surface area (Å²) in [4.78, 5) is 11.2. The van der Waals surface area contributed by atoms with Crippen LogP contribution in [0.5, 0.6) is 0 Å². The highest BCUT2D eigenvalue weighted by atomic mass is 16.4. The van der Waals surface area contributed by atoms with Crippen molar-refractivity contribution >= 4 is 5.97 Å². The average Bonchev–Trinajstić information content (AvgIpc) is 2.38. The second-order valence-corrected chi connectivity index (χ2v) is 3.97. The third kappa shape index (κ3) is 2.94. The molecule has 2 heteroatoms. The standard InChI is InChI=1S/C15H13O2/c16-15(17)14(13-9-5-2-6-10-13)11-12-7-3-1-4-8-12/h1-10,14H,11H2. The molecule has 1 unspecified atom stereocenters. The number of benzene rings is 2. The van der Waals surface area contributed by atoms with Gasteiger partial charge in [-0.05, 0) is 17.5 Å². The van der Waals surface area contributed by atoms with Crippen LogP contribution in [0.3, 0.4) is 0 Å². The van der Waals surface area contributed by atoms with Crippen LogP contribution in [0.2, 0.25) is 0 Å². The summed E-state index contributed by atoms with van der Waals surface area (Å²) < 4.78 is 0. The Morgan fingerprint density at radius 3 is 1.94 bits per heavy atom. The quantitative estimate of drug-likeness (QED) is 0.788. The molecule has 2 rings (SSSR count). The lowest BCUT2D eigenvalue weighted by Gasteiger charge is -2.11. The second kappa shape index (κ2) is 5.30. The summed E-state index contributed by atoms with van der Waals surface area (Å²) in [5.41, 5.74) is 1.79. The van der Waals surface area contributed by atoms with Crippen molar-refractivity contribution in [3.05, 3.63) is 71.8 Å². The predicted octanol–water partition coefficient (Wildman–Crippen LogP) is 2.97. The molecule has 0 saturated heterocycles. The molecule has 0 aromatic heterocycles. The van der Waals surface area contributed by atoms with Gasteiger partial charge < -0.3 is 0 Å². The Kier molecular flexibility index (Phi) is 3.55. The van der Waals surface area contributed by atoms with E-state index in [1.165, 1.54) is 0 Å². The zero-order chi connectivity index (χ0) is 12.1. The smallest absolute Gasteiger partial charge is 0.247 e. The molecule has 0 aliphatic carbocycles. The second-order valence-electron chi connectivity index (χ2n) is 3.97. The number of hydrogen-bond acceptors (Lipinski definition) is 1. The lowest BCUT2D eigenvalue weighted by molar-refractivity contribution is -0.144. The normalized spacial score (nSPS) is 12.0. The van der Waals surface area contributed by atoms with Crippen LogP contribution < -0.4 is 0 Å². The molecule has 1 atom stereocenters. The third-order valence-corrected chi connectivity index (χ3v) is 2.77. The Morgan fingerprint density at radius 2 is 1.41 bits per heavy atom. The van der Waals surface area contributed by atoms with Crippen LogP contribution >= 0.6 is 0 Å². The summed E-state index contributed by atoms with van der Waals surface area (Å²) in [6, 6.07) is 18.8. The van der Waals surface area contributed by atoms with Crippen LogP contribution in [0.15, 0.2) is 60.7 Å². The van der Waals surface area contributed by atoms with Crippen LogP contribution in [-0.4, -0.2) is 5.97 Å². The van der Waals surface area contributed by atoms with E-state index in [0.29, 0.717) is 6.42 Å². The van der Waals surface area contributed by atoms with E-state index < -0.39 is 11.9 Å². The fourth-order valence-electron chi connectivity index (χ4n) is 1.87. The van der Waals surface area contributed by atoms with E-state index >= 15 is 0 Å². The van der Waals surface area contributed by atoms with Gasteiger partial charge in [-0.2, -0.15) is 0 Å². The van der Waals surface area contributed by atoms with Gasteiger partial charge in [-0.25, -0.2) is 9.90 Å². The van der Waals surface area contributed by atoms with Gasteiger partial charge >= 0.3 is 5.97 Å². The summed E-state index contributed by atoms with van der Waals surface area (Å²) in [5, 5.41) is 11.2. The molecule has 0 amide bonds. The minimum atomic E-state index is -1.03. The third-order valence-electron chi connectivity index (χ3n) is 2.77. The molecule has 2 aromatic carbocycles. The molecule has 0 N–H and O–H groups in total. The first-order valence-electron chi connectivity index (χ1n) is 5.57. The lowest BCUT2D eigenvalue weighted by Crippen LogP contribution is -2.13. The van der Waals surface area contributed by atoms with E-state index in [-0.39, 0.29) is 0 Å². The van der Waals surface area contributed by atoms with Gasteiger partial charge in [-0.15, -0.1) is 0 Å². The van der Waals surface area contributed by atoms with Gasteiger partial charge in [0.15, 0.2) is 0 Å². The van der Waals surface area contributed by atoms with Gasteiger partial charge in [0.25, 0.3) is 0 Å². The first kappa shape index (κ1) is 11.4. The fraction of sp³-hybridized carbons (Fsp3) is 0.133. The average molecular weight is 225 g/mol. The number of carbonyl (C=O) groups excluding carboxylic acids is 1. The Labute approximate surface area is 101 Å². The van der Waals surface area contributed by atoms with Crippen molar-refractivity contribution in [3.63, 3.8) is 0 Å². The highest BCUT2D eigenvalue weighted by molar-refractivity contribution is 5.76. The first-order chi connectivity index (χ1) is 8.27. The summed E-state index contributed by atoms with van der Waals surface area (Å²) in [7, 11) is 0. The van der Waals surface area contributed by atoms with Crippen LogP contribution in [0.4, 0.5) is 0 Å². The predicted molar refractivity (Wildman–Crippen MR) is 65.0 cm³/mol. The SMILES string of the molecule is [O]C(=O)C(Cc1ccccc1)c1ccccc1. The van der Waals surface area contributed by atoms with E-state index in [2.05, 4.69) is 0 Å². The molecule has 0 aliphatic rings. The van der Waals surface area contributed by atoms with Crippen molar-refractivity contribution in [3.8, 4) is 0 Å². The van der Waals surface area contributed by atoms with Gasteiger partial charge in [0.05, 0.1) is 5.92 Å². The summed E-state index contributed by atoms with van der Waals surface area (Å²) in [6.07, 6.45) is 0.465. The van der Waals surface area contributed by atoms with Gasteiger partial charge in [0.2, 0.25) is 0 Å². The van der Waals surface area contributed by atoms with E-state index in [1.54, 1.807) is 0 Å². The molecule has 0 bridgehead atoms. The number of hydrogen-bond donors (Lipinski definition) is 0. The Hall–Kier alpha value is -2.09. The van der Waals surface area contributed by atoms with E-state index in [0.717, 1.165) is 11.1 Å². The minimum Gasteiger partial charge on any atom is -0.247 e. The molecule has 0 aliphatic heterocycles. The number of carbonyl (C=O) groups is 1. The van der Waals surface area contributed by atoms with Crippen molar-refractivity contribution < 1.29 is 9.90 Å². The van der Waals surface area contributed by atoms with E-state index in [1.807, 2.05) is 60.7 Å². The van der Waals surface area contributed by atoms with Crippen molar-refractivity contribution in [2.45, 2.75) is 12.3 Å². The zero-order valence-corrected chi connectivity index (χ0v) is 9.37. The molecule has 0 fully saturated rings. The molecule has 2 nitrogen and oxygen atoms in total. The van der Waals surface area contributed by atoms with Crippen LogP contribution in [0.25, 0.3) is 0 Å². The summed E-state index contributed by atoms with van der Waals surface area (Å²) in [6.45, 7) is 0. The van der Waals surface area contributed by atoms with Gasteiger partial charge in [-0.3, -0.25) is 0 Å². The van der Waals surface area contributed by atoms with Crippen molar-refractivity contribution in [1.29, 1.82) is 0 Å². The minimum absolute atomic E-state index is 0.465. The maximum Gasteiger partial charge on any atom is 0.363 e. The number of rotatable bonds is 4. The Balaban J connectivity index is 2.23. The molecule has 17 heavy (non-hydrogen) atoms. The highest BCUT2D eigenvalue weighted by Crippen LogP contribution is 2.21. The van der Waals surface area contributed by atoms with Gasteiger partial charge in [0, 0.05) is 0 Å². The molecule has 85 valence electrons. The maximum atomic E-state index is 11.2. The molecule has 0 heterocycles. The molecular formula is C15H13O2. The molecule has 2 aromatic rings. The molecular weight excluding hydrogens is 212 g/mol. The molecule has 0 saturated carbocycles. The van der Waals surface area contributed by atoms with Gasteiger partial charge in [-0.1, -0.05) is 60.7 Å². The maximum absolute atomic E-state index is 11.2. The molecule has 1 radical (unpaired) electrons. The topological polar surface area (TPSA) is 37.0 Å².